The van der Waals surface area contributed by atoms with E-state index in [4.69, 9.17) is 9.47 Å². The number of nitrogens with one attached hydrogen (secondary N) is 2. The molecule has 1 fully saturated rings. The van der Waals surface area contributed by atoms with Crippen molar-refractivity contribution in [3.63, 3.8) is 0 Å². The van der Waals surface area contributed by atoms with E-state index < -0.39 is 24.0 Å². The number of amides is 1. The van der Waals surface area contributed by atoms with Crippen LogP contribution in [0.25, 0.3) is 22.3 Å². The van der Waals surface area contributed by atoms with Crippen LogP contribution in [0, 0.1) is 0 Å². The fourth-order valence-electron chi connectivity index (χ4n) is 4.90. The van der Waals surface area contributed by atoms with Crippen LogP contribution in [0.3, 0.4) is 0 Å². The number of nitrogens with zero attached hydrogens (tertiary/aromatic N) is 3. The standard InChI is InChI=1S/C25H23N5O5/c1-13-19(31)10-20(35-13)30-12-26-21-22(30)27-24(28-23(21)32)29-25(33)34-11-18-16-8-4-2-6-14(16)15-7-3-5-9-17(15)18/h2-9,12-13,18-20,31H,10-11H2,1H3,(H2,27,28,29,32,33)/t13-,19?,20-/m1/s1. The summed E-state index contributed by atoms with van der Waals surface area (Å²) in [7, 11) is 0. The molecule has 1 unspecified atom stereocenters. The molecule has 0 radical (unpaired) electrons. The highest BCUT2D eigenvalue weighted by Gasteiger charge is 2.33. The van der Waals surface area contributed by atoms with E-state index in [1.165, 1.54) is 6.33 Å². The third-order valence-electron chi connectivity index (χ3n) is 6.66. The van der Waals surface area contributed by atoms with Crippen LogP contribution in [0.4, 0.5) is 10.7 Å². The Morgan fingerprint density at radius 3 is 2.54 bits per heavy atom. The van der Waals surface area contributed by atoms with Crippen LogP contribution in [0.1, 0.15) is 36.6 Å². The molecule has 0 spiro atoms. The summed E-state index contributed by atoms with van der Waals surface area (Å²) in [4.78, 5) is 36.1. The van der Waals surface area contributed by atoms with Gasteiger partial charge in [-0.2, -0.15) is 4.98 Å². The van der Waals surface area contributed by atoms with Crippen molar-refractivity contribution in [2.24, 2.45) is 0 Å². The number of benzene rings is 2. The molecule has 2 aromatic heterocycles. The predicted octanol–water partition coefficient (Wildman–Crippen LogP) is 3.15. The van der Waals surface area contributed by atoms with Gasteiger partial charge < -0.3 is 14.6 Å². The van der Waals surface area contributed by atoms with Gasteiger partial charge in [-0.3, -0.25) is 19.7 Å². The maximum Gasteiger partial charge on any atom is 0.414 e. The van der Waals surface area contributed by atoms with Gasteiger partial charge >= 0.3 is 6.09 Å². The van der Waals surface area contributed by atoms with E-state index in [0.29, 0.717) is 6.42 Å². The fraction of sp³-hybridized carbons (Fsp3) is 0.280. The summed E-state index contributed by atoms with van der Waals surface area (Å²) in [5.41, 5.74) is 4.33. The smallest absolute Gasteiger partial charge is 0.414 e. The van der Waals surface area contributed by atoms with Crippen molar-refractivity contribution in [3.8, 4) is 11.1 Å². The topological polar surface area (TPSA) is 131 Å². The zero-order valence-electron chi connectivity index (χ0n) is 18.8. The first-order valence-electron chi connectivity index (χ1n) is 11.4. The van der Waals surface area contributed by atoms with Crippen LogP contribution in [-0.4, -0.2) is 49.5 Å². The van der Waals surface area contributed by atoms with E-state index in [1.807, 2.05) is 36.4 Å². The summed E-state index contributed by atoms with van der Waals surface area (Å²) in [5, 5.41) is 12.5. The maximum atomic E-state index is 12.6. The minimum absolute atomic E-state index is 0.0620. The molecule has 0 saturated carbocycles. The quantitative estimate of drug-likeness (QED) is 0.415. The van der Waals surface area contributed by atoms with Crippen LogP contribution < -0.4 is 10.9 Å². The number of hydrogen-bond acceptors (Lipinski definition) is 7. The lowest BCUT2D eigenvalue weighted by atomic mass is 9.98. The number of fused-ring (bicyclic) bond motifs is 4. The summed E-state index contributed by atoms with van der Waals surface area (Å²) in [6, 6.07) is 16.1. The Morgan fingerprint density at radius 2 is 1.89 bits per heavy atom. The highest BCUT2D eigenvalue weighted by Crippen LogP contribution is 2.44. The number of anilines is 1. The van der Waals surface area contributed by atoms with Gasteiger partial charge in [-0.1, -0.05) is 48.5 Å². The Morgan fingerprint density at radius 1 is 1.20 bits per heavy atom. The molecule has 4 aromatic rings. The van der Waals surface area contributed by atoms with Gasteiger partial charge in [0.2, 0.25) is 5.95 Å². The zero-order chi connectivity index (χ0) is 24.1. The predicted molar refractivity (Wildman–Crippen MR) is 127 cm³/mol. The van der Waals surface area contributed by atoms with E-state index in [-0.39, 0.29) is 35.7 Å². The van der Waals surface area contributed by atoms with E-state index in [2.05, 4.69) is 32.4 Å². The molecule has 1 amide bonds. The van der Waals surface area contributed by atoms with E-state index in [1.54, 1.807) is 11.5 Å². The largest absolute Gasteiger partial charge is 0.448 e. The molecule has 3 N–H and O–H groups in total. The molecular formula is C25H23N5O5. The molecule has 1 aliphatic carbocycles. The van der Waals surface area contributed by atoms with Crippen molar-refractivity contribution in [1.82, 2.24) is 19.5 Å². The fourth-order valence-corrected chi connectivity index (χ4v) is 4.90. The lowest BCUT2D eigenvalue weighted by Gasteiger charge is -2.15. The van der Waals surface area contributed by atoms with Crippen LogP contribution in [-0.2, 0) is 9.47 Å². The molecule has 3 heterocycles. The molecule has 1 aliphatic heterocycles. The van der Waals surface area contributed by atoms with Gasteiger partial charge in [0.25, 0.3) is 5.56 Å². The van der Waals surface area contributed by atoms with Crippen molar-refractivity contribution < 1.29 is 19.4 Å². The van der Waals surface area contributed by atoms with Gasteiger partial charge in [-0.15, -0.1) is 0 Å². The molecule has 35 heavy (non-hydrogen) atoms. The van der Waals surface area contributed by atoms with Crippen molar-refractivity contribution in [2.45, 2.75) is 37.7 Å². The monoisotopic (exact) mass is 473 g/mol. The van der Waals surface area contributed by atoms with Crippen molar-refractivity contribution in [2.75, 3.05) is 11.9 Å². The molecule has 2 aliphatic rings. The number of H-pyrrole nitrogens is 1. The minimum atomic E-state index is -0.735. The number of aliphatic hydroxyl groups excluding tert-OH is 1. The lowest BCUT2D eigenvalue weighted by Crippen LogP contribution is -2.22. The molecular weight excluding hydrogens is 450 g/mol. The van der Waals surface area contributed by atoms with Crippen molar-refractivity contribution in [1.29, 1.82) is 0 Å². The summed E-state index contributed by atoms with van der Waals surface area (Å²) >= 11 is 0. The third-order valence-corrected chi connectivity index (χ3v) is 6.66. The second-order valence-corrected chi connectivity index (χ2v) is 8.79. The maximum absolute atomic E-state index is 12.6. The summed E-state index contributed by atoms with van der Waals surface area (Å²) in [5.74, 6) is -0.148. The van der Waals surface area contributed by atoms with E-state index in [0.717, 1.165) is 22.3 Å². The molecule has 2 aromatic carbocycles. The van der Waals surface area contributed by atoms with Crippen LogP contribution in [0.5, 0.6) is 0 Å². The van der Waals surface area contributed by atoms with Gasteiger partial charge in [0.1, 0.15) is 12.8 Å². The molecule has 3 atom stereocenters. The van der Waals surface area contributed by atoms with Gasteiger partial charge in [-0.05, 0) is 29.2 Å². The molecule has 10 heteroatoms. The Balaban J connectivity index is 1.21. The number of aromatic amines is 1. The van der Waals surface area contributed by atoms with E-state index >= 15 is 0 Å². The number of aliphatic hydroxyl groups is 1. The molecule has 6 rings (SSSR count). The van der Waals surface area contributed by atoms with E-state index in [9.17, 15) is 14.7 Å². The number of ether oxygens (including phenoxy) is 2. The van der Waals surface area contributed by atoms with Gasteiger partial charge in [-0.25, -0.2) is 9.78 Å². The Labute approximate surface area is 199 Å². The van der Waals surface area contributed by atoms with Crippen molar-refractivity contribution in [3.05, 3.63) is 76.3 Å². The second kappa shape index (κ2) is 8.33. The molecule has 178 valence electrons. The normalized spacial score (nSPS) is 21.1. The van der Waals surface area contributed by atoms with Gasteiger partial charge in [0, 0.05) is 12.3 Å². The van der Waals surface area contributed by atoms with Crippen LogP contribution >= 0.6 is 0 Å². The minimum Gasteiger partial charge on any atom is -0.448 e. The Bertz CT molecular complexity index is 1440. The molecule has 0 bridgehead atoms. The van der Waals surface area contributed by atoms with Crippen LogP contribution in [0.15, 0.2) is 59.7 Å². The summed E-state index contributed by atoms with van der Waals surface area (Å²) in [6.07, 6.45) is -0.436. The first-order valence-corrected chi connectivity index (χ1v) is 11.4. The average Bonchev–Trinajstić information content (AvgIpc) is 3.52. The lowest BCUT2D eigenvalue weighted by molar-refractivity contribution is -0.00631. The Hall–Kier alpha value is -4.02. The number of carbonyl (C=O) groups excluding carboxylic acids is 1. The molecule has 10 nitrogen and oxygen atoms in total. The number of carbonyl (C=O) groups is 1. The van der Waals surface area contributed by atoms with Gasteiger partial charge in [0.15, 0.2) is 11.2 Å². The van der Waals surface area contributed by atoms with Gasteiger partial charge in [0.05, 0.1) is 18.5 Å². The SMILES string of the molecule is C[C@H]1O[C@@H](n2cnc3c(=O)[nH]c(NC(=O)OCC4c5ccccc5-c5ccccc54)nc32)CC1O. The highest BCUT2D eigenvalue weighted by atomic mass is 16.5. The third kappa shape index (κ3) is 3.67. The number of imidazole rings is 1. The highest BCUT2D eigenvalue weighted by molar-refractivity contribution is 5.84. The zero-order valence-corrected chi connectivity index (χ0v) is 18.8. The summed E-state index contributed by atoms with van der Waals surface area (Å²) in [6.45, 7) is 1.91. The number of aromatic nitrogens is 4. The van der Waals surface area contributed by atoms with Crippen molar-refractivity contribution >= 4 is 23.2 Å². The number of hydrogen-bond donors (Lipinski definition) is 3. The average molecular weight is 473 g/mol. The Kier molecular flexibility index (Phi) is 5.12. The number of rotatable bonds is 4. The second-order valence-electron chi connectivity index (χ2n) is 8.79. The molecule has 1 saturated heterocycles. The summed E-state index contributed by atoms with van der Waals surface area (Å²) < 4.78 is 12.9. The van der Waals surface area contributed by atoms with Crippen LogP contribution in [0.2, 0.25) is 0 Å². The first kappa shape index (κ1) is 21.5. The first-order chi connectivity index (χ1) is 17.0.